The van der Waals surface area contributed by atoms with E-state index in [2.05, 4.69) is 10.2 Å². The molecule has 1 heterocycles. The van der Waals surface area contributed by atoms with Crippen LogP contribution in [0.3, 0.4) is 0 Å². The molecular weight excluding hydrogens is 276 g/mol. The van der Waals surface area contributed by atoms with Crippen LogP contribution in [0.2, 0.25) is 0 Å². The average molecular weight is 286 g/mol. The van der Waals surface area contributed by atoms with E-state index in [4.69, 9.17) is 0 Å². The van der Waals surface area contributed by atoms with E-state index in [-0.39, 0.29) is 11.3 Å². The third kappa shape index (κ3) is 2.43. The van der Waals surface area contributed by atoms with Crippen LogP contribution in [0, 0.1) is 19.7 Å². The van der Waals surface area contributed by atoms with Crippen molar-refractivity contribution in [3.63, 3.8) is 0 Å². The number of halogens is 4. The fourth-order valence-corrected chi connectivity index (χ4v) is 1.79. The Bertz CT molecular complexity index is 719. The van der Waals surface area contributed by atoms with E-state index in [9.17, 15) is 22.4 Å². The molecule has 0 saturated carbocycles. The summed E-state index contributed by atoms with van der Waals surface area (Å²) < 4.78 is 51.2. The zero-order valence-corrected chi connectivity index (χ0v) is 10.6. The minimum Gasteiger partial charge on any atom is -0.268 e. The minimum atomic E-state index is -4.79. The van der Waals surface area contributed by atoms with Crippen LogP contribution in [-0.4, -0.2) is 10.2 Å². The third-order valence-corrected chi connectivity index (χ3v) is 3.07. The van der Waals surface area contributed by atoms with Crippen LogP contribution in [0.5, 0.6) is 0 Å². The number of hydrogen-bond acceptors (Lipinski definition) is 2. The number of alkyl halides is 3. The number of aromatic amines is 1. The maximum atomic E-state index is 13.2. The lowest BCUT2D eigenvalue weighted by Gasteiger charge is -2.11. The second-order valence-corrected chi connectivity index (χ2v) is 4.34. The van der Waals surface area contributed by atoms with Gasteiger partial charge in [-0.25, -0.2) is 9.49 Å². The molecule has 0 saturated heterocycles. The summed E-state index contributed by atoms with van der Waals surface area (Å²) in [4.78, 5) is 11.3. The van der Waals surface area contributed by atoms with Crippen LogP contribution < -0.4 is 5.56 Å². The van der Waals surface area contributed by atoms with Gasteiger partial charge in [-0.05, 0) is 37.6 Å². The Morgan fingerprint density at radius 3 is 2.40 bits per heavy atom. The molecule has 0 bridgehead atoms. The zero-order chi connectivity index (χ0) is 15.1. The Hall–Kier alpha value is -2.18. The highest BCUT2D eigenvalue weighted by Gasteiger charge is 2.34. The Morgan fingerprint density at radius 2 is 1.80 bits per heavy atom. The quantitative estimate of drug-likeness (QED) is 0.818. The van der Waals surface area contributed by atoms with Crippen LogP contribution in [0.1, 0.15) is 16.7 Å². The SMILES string of the molecule is Cc1c(-c2ccc(F)c(C(F)(F)F)c2)n[nH]c(=O)c1C. The number of rotatable bonds is 1. The summed E-state index contributed by atoms with van der Waals surface area (Å²) in [5.74, 6) is -1.35. The molecule has 20 heavy (non-hydrogen) atoms. The second-order valence-electron chi connectivity index (χ2n) is 4.34. The molecule has 3 nitrogen and oxygen atoms in total. The smallest absolute Gasteiger partial charge is 0.268 e. The van der Waals surface area contributed by atoms with Gasteiger partial charge in [0, 0.05) is 11.1 Å². The van der Waals surface area contributed by atoms with E-state index in [1.54, 1.807) is 6.92 Å². The van der Waals surface area contributed by atoms with Crippen molar-refractivity contribution >= 4 is 0 Å². The van der Waals surface area contributed by atoms with Gasteiger partial charge in [0.05, 0.1) is 11.3 Å². The van der Waals surface area contributed by atoms with Crippen molar-refractivity contribution in [3.05, 3.63) is 51.1 Å². The normalized spacial score (nSPS) is 11.7. The molecule has 1 aromatic carbocycles. The number of H-pyrrole nitrogens is 1. The minimum absolute atomic E-state index is 0.0931. The van der Waals surface area contributed by atoms with E-state index in [1.807, 2.05) is 0 Å². The Kier molecular flexibility index (Phi) is 3.37. The van der Waals surface area contributed by atoms with Crippen LogP contribution in [0.15, 0.2) is 23.0 Å². The van der Waals surface area contributed by atoms with Gasteiger partial charge >= 0.3 is 6.18 Å². The Balaban J connectivity index is 2.66. The van der Waals surface area contributed by atoms with Crippen molar-refractivity contribution in [2.75, 3.05) is 0 Å². The van der Waals surface area contributed by atoms with Crippen molar-refractivity contribution in [3.8, 4) is 11.3 Å². The van der Waals surface area contributed by atoms with Gasteiger partial charge in [-0.15, -0.1) is 0 Å². The fourth-order valence-electron chi connectivity index (χ4n) is 1.79. The molecule has 106 valence electrons. The van der Waals surface area contributed by atoms with Gasteiger partial charge in [0.1, 0.15) is 5.82 Å². The summed E-state index contributed by atoms with van der Waals surface area (Å²) in [7, 11) is 0. The van der Waals surface area contributed by atoms with Crippen molar-refractivity contribution in [1.29, 1.82) is 0 Å². The molecule has 0 radical (unpaired) electrons. The predicted octanol–water partition coefficient (Wildman–Crippen LogP) is 3.21. The Labute approximate surface area is 111 Å². The maximum absolute atomic E-state index is 13.2. The first-order valence-corrected chi connectivity index (χ1v) is 5.65. The lowest BCUT2D eigenvalue weighted by atomic mass is 10.0. The van der Waals surface area contributed by atoms with Crippen LogP contribution >= 0.6 is 0 Å². The highest BCUT2D eigenvalue weighted by molar-refractivity contribution is 5.64. The zero-order valence-electron chi connectivity index (χ0n) is 10.6. The molecule has 0 fully saturated rings. The topological polar surface area (TPSA) is 45.8 Å². The molecule has 0 atom stereocenters. The van der Waals surface area contributed by atoms with Crippen molar-refractivity contribution in [2.45, 2.75) is 20.0 Å². The molecule has 0 unspecified atom stereocenters. The maximum Gasteiger partial charge on any atom is 0.419 e. The monoisotopic (exact) mass is 286 g/mol. The summed E-state index contributed by atoms with van der Waals surface area (Å²) in [5, 5.41) is 5.93. The summed E-state index contributed by atoms with van der Waals surface area (Å²) in [5.41, 5.74) is -0.686. The van der Waals surface area contributed by atoms with E-state index < -0.39 is 23.1 Å². The first kappa shape index (κ1) is 14.2. The standard InChI is InChI=1S/C13H10F4N2O/c1-6-7(2)12(20)19-18-11(6)8-3-4-10(14)9(5-8)13(15,16)17/h3-5H,1-2H3,(H,19,20). The highest BCUT2D eigenvalue weighted by atomic mass is 19.4. The highest BCUT2D eigenvalue weighted by Crippen LogP contribution is 2.34. The van der Waals surface area contributed by atoms with Crippen molar-refractivity contribution in [1.82, 2.24) is 10.2 Å². The number of aromatic nitrogens is 2. The molecule has 2 aromatic rings. The van der Waals surface area contributed by atoms with Gasteiger partial charge in [0.2, 0.25) is 0 Å². The first-order chi connectivity index (χ1) is 9.21. The number of nitrogens with zero attached hydrogens (tertiary/aromatic N) is 1. The summed E-state index contributed by atoms with van der Waals surface area (Å²) in [6.45, 7) is 3.11. The van der Waals surface area contributed by atoms with Gasteiger partial charge in [-0.1, -0.05) is 0 Å². The van der Waals surface area contributed by atoms with E-state index in [0.29, 0.717) is 17.2 Å². The summed E-state index contributed by atoms with van der Waals surface area (Å²) in [6.07, 6.45) is -4.79. The molecule has 7 heteroatoms. The number of benzene rings is 1. The predicted molar refractivity (Wildman–Crippen MR) is 64.7 cm³/mol. The van der Waals surface area contributed by atoms with Gasteiger partial charge in [-0.3, -0.25) is 4.79 Å². The lowest BCUT2D eigenvalue weighted by Crippen LogP contribution is -2.14. The largest absolute Gasteiger partial charge is 0.419 e. The van der Waals surface area contributed by atoms with Gasteiger partial charge in [-0.2, -0.15) is 18.3 Å². The van der Waals surface area contributed by atoms with Gasteiger partial charge in [0.25, 0.3) is 5.56 Å². The van der Waals surface area contributed by atoms with E-state index in [0.717, 1.165) is 6.07 Å². The van der Waals surface area contributed by atoms with E-state index in [1.165, 1.54) is 13.0 Å². The van der Waals surface area contributed by atoms with Crippen molar-refractivity contribution < 1.29 is 17.6 Å². The molecule has 1 aromatic heterocycles. The molecule has 0 aliphatic heterocycles. The first-order valence-electron chi connectivity index (χ1n) is 5.65. The van der Waals surface area contributed by atoms with Crippen LogP contribution in [0.4, 0.5) is 17.6 Å². The molecule has 0 aliphatic rings. The molecule has 0 aliphatic carbocycles. The molecule has 1 N–H and O–H groups in total. The van der Waals surface area contributed by atoms with Crippen LogP contribution in [-0.2, 0) is 6.18 Å². The summed E-state index contributed by atoms with van der Waals surface area (Å²) in [6, 6.07) is 2.61. The fraction of sp³-hybridized carbons (Fsp3) is 0.231. The average Bonchev–Trinajstić information content (AvgIpc) is 2.36. The summed E-state index contributed by atoms with van der Waals surface area (Å²) >= 11 is 0. The molecule has 0 spiro atoms. The molecule has 0 amide bonds. The third-order valence-electron chi connectivity index (χ3n) is 3.07. The lowest BCUT2D eigenvalue weighted by molar-refractivity contribution is -0.139. The van der Waals surface area contributed by atoms with Gasteiger partial charge < -0.3 is 0 Å². The second kappa shape index (κ2) is 4.73. The van der Waals surface area contributed by atoms with Crippen molar-refractivity contribution in [2.24, 2.45) is 0 Å². The van der Waals surface area contributed by atoms with Gasteiger partial charge in [0.15, 0.2) is 0 Å². The van der Waals surface area contributed by atoms with Crippen LogP contribution in [0.25, 0.3) is 11.3 Å². The number of nitrogens with one attached hydrogen (secondary N) is 1. The molecular formula is C13H10F4N2O. The van der Waals surface area contributed by atoms with E-state index >= 15 is 0 Å². The number of hydrogen-bond donors (Lipinski definition) is 1. The Morgan fingerprint density at radius 1 is 1.15 bits per heavy atom. The molecule has 2 rings (SSSR count).